The van der Waals surface area contributed by atoms with Crippen LogP contribution < -0.4 is 4.74 Å². The summed E-state index contributed by atoms with van der Waals surface area (Å²) >= 11 is 0. The Balaban J connectivity index is 1.48. The lowest BCUT2D eigenvalue weighted by Crippen LogP contribution is -2.35. The lowest BCUT2D eigenvalue weighted by molar-refractivity contribution is -0.146. The van der Waals surface area contributed by atoms with Crippen molar-refractivity contribution in [2.75, 3.05) is 13.2 Å². The van der Waals surface area contributed by atoms with Crippen LogP contribution in [0.15, 0.2) is 48.5 Å². The fourth-order valence-corrected chi connectivity index (χ4v) is 3.16. The SMILES string of the molecule is O=C(CC1CCC(=O)N1Cc1cccc(F)c1F)OCCOc1ccccc1. The summed E-state index contributed by atoms with van der Waals surface area (Å²) in [5.41, 5.74) is 0.0879. The third kappa shape index (κ3) is 5.06. The summed E-state index contributed by atoms with van der Waals surface area (Å²) < 4.78 is 37.9. The molecule has 1 amide bonds. The molecule has 1 heterocycles. The minimum absolute atomic E-state index is 0.00795. The minimum Gasteiger partial charge on any atom is -0.490 e. The first-order valence-electron chi connectivity index (χ1n) is 9.10. The largest absolute Gasteiger partial charge is 0.490 e. The van der Waals surface area contributed by atoms with Crippen LogP contribution in [0.25, 0.3) is 0 Å². The molecule has 1 fully saturated rings. The number of hydrogen-bond acceptors (Lipinski definition) is 4. The average Bonchev–Trinajstić information content (AvgIpc) is 3.03. The fourth-order valence-electron chi connectivity index (χ4n) is 3.16. The van der Waals surface area contributed by atoms with Gasteiger partial charge < -0.3 is 14.4 Å². The van der Waals surface area contributed by atoms with Crippen molar-refractivity contribution >= 4 is 11.9 Å². The highest BCUT2D eigenvalue weighted by Crippen LogP contribution is 2.25. The van der Waals surface area contributed by atoms with Crippen LogP contribution in [0.3, 0.4) is 0 Å². The molecule has 7 heteroatoms. The number of likely N-dealkylation sites (tertiary alicyclic amines) is 1. The van der Waals surface area contributed by atoms with Crippen LogP contribution >= 0.6 is 0 Å². The molecule has 2 aromatic carbocycles. The quantitative estimate of drug-likeness (QED) is 0.513. The van der Waals surface area contributed by atoms with Gasteiger partial charge in [0.05, 0.1) is 6.42 Å². The number of ether oxygens (including phenoxy) is 2. The number of esters is 1. The third-order valence-corrected chi connectivity index (χ3v) is 4.59. The Kier molecular flexibility index (Phi) is 6.57. The van der Waals surface area contributed by atoms with Crippen LogP contribution in [0.1, 0.15) is 24.8 Å². The first-order chi connectivity index (χ1) is 13.5. The van der Waals surface area contributed by atoms with Gasteiger partial charge in [-0.25, -0.2) is 8.78 Å². The van der Waals surface area contributed by atoms with E-state index in [0.717, 1.165) is 6.07 Å². The Morgan fingerprint density at radius 1 is 1.07 bits per heavy atom. The molecule has 0 aliphatic carbocycles. The molecule has 0 saturated carbocycles. The van der Waals surface area contributed by atoms with Gasteiger partial charge in [0.1, 0.15) is 19.0 Å². The van der Waals surface area contributed by atoms with Crippen LogP contribution in [0.2, 0.25) is 0 Å². The number of nitrogens with zero attached hydrogens (tertiary/aromatic N) is 1. The van der Waals surface area contributed by atoms with Gasteiger partial charge >= 0.3 is 5.97 Å². The molecule has 1 aliphatic rings. The second kappa shape index (κ2) is 9.30. The van der Waals surface area contributed by atoms with Gasteiger partial charge in [0, 0.05) is 24.6 Å². The van der Waals surface area contributed by atoms with Gasteiger partial charge in [0.2, 0.25) is 5.91 Å². The fraction of sp³-hybridized carbons (Fsp3) is 0.333. The molecular formula is C21H21F2NO4. The lowest BCUT2D eigenvalue weighted by Gasteiger charge is -2.24. The number of amides is 1. The molecule has 1 atom stereocenters. The Labute approximate surface area is 161 Å². The van der Waals surface area contributed by atoms with E-state index in [-0.39, 0.29) is 44.1 Å². The molecular weight excluding hydrogens is 368 g/mol. The zero-order valence-electron chi connectivity index (χ0n) is 15.3. The van der Waals surface area contributed by atoms with Crippen molar-refractivity contribution in [2.24, 2.45) is 0 Å². The highest BCUT2D eigenvalue weighted by molar-refractivity contribution is 5.80. The van der Waals surface area contributed by atoms with Gasteiger partial charge in [0.25, 0.3) is 0 Å². The number of rotatable bonds is 8. The van der Waals surface area contributed by atoms with Gasteiger partial charge in [-0.1, -0.05) is 30.3 Å². The van der Waals surface area contributed by atoms with E-state index in [1.165, 1.54) is 17.0 Å². The van der Waals surface area contributed by atoms with Crippen molar-refractivity contribution < 1.29 is 27.8 Å². The second-order valence-corrected chi connectivity index (χ2v) is 6.51. The molecule has 0 bridgehead atoms. The molecule has 2 aromatic rings. The zero-order valence-corrected chi connectivity index (χ0v) is 15.3. The maximum absolute atomic E-state index is 13.9. The minimum atomic E-state index is -0.971. The van der Waals surface area contributed by atoms with E-state index in [9.17, 15) is 18.4 Å². The molecule has 3 rings (SSSR count). The first-order valence-corrected chi connectivity index (χ1v) is 9.10. The summed E-state index contributed by atoms with van der Waals surface area (Å²) in [4.78, 5) is 25.6. The number of halogens is 2. The molecule has 0 radical (unpaired) electrons. The lowest BCUT2D eigenvalue weighted by atomic mass is 10.1. The van der Waals surface area contributed by atoms with E-state index in [4.69, 9.17) is 9.47 Å². The Hall–Kier alpha value is -2.96. The summed E-state index contributed by atoms with van der Waals surface area (Å²) in [7, 11) is 0. The summed E-state index contributed by atoms with van der Waals surface area (Å²) in [5.74, 6) is -1.89. The van der Waals surface area contributed by atoms with E-state index in [1.54, 1.807) is 12.1 Å². The first kappa shape index (κ1) is 19.8. The van der Waals surface area contributed by atoms with Gasteiger partial charge in [0.15, 0.2) is 11.6 Å². The van der Waals surface area contributed by atoms with Gasteiger partial charge in [-0.2, -0.15) is 0 Å². The molecule has 0 aromatic heterocycles. The topological polar surface area (TPSA) is 55.8 Å². The van der Waals surface area contributed by atoms with Crippen molar-refractivity contribution in [3.05, 3.63) is 65.7 Å². The summed E-state index contributed by atoms with van der Waals surface area (Å²) in [6.45, 7) is 0.238. The summed E-state index contributed by atoms with van der Waals surface area (Å²) in [5, 5.41) is 0. The molecule has 0 spiro atoms. The standard InChI is InChI=1S/C21H21F2NO4/c22-18-8-4-5-15(21(18)23)14-24-16(9-10-19(24)25)13-20(26)28-12-11-27-17-6-2-1-3-7-17/h1-8,16H,9-14H2. The molecule has 1 aliphatic heterocycles. The predicted octanol–water partition coefficient (Wildman–Crippen LogP) is 3.47. The number of carbonyl (C=O) groups is 2. The molecule has 5 nitrogen and oxygen atoms in total. The van der Waals surface area contributed by atoms with Crippen LogP contribution in [0.4, 0.5) is 8.78 Å². The van der Waals surface area contributed by atoms with Crippen LogP contribution in [-0.4, -0.2) is 36.0 Å². The normalized spacial score (nSPS) is 16.3. The number of hydrogen-bond donors (Lipinski definition) is 0. The highest BCUT2D eigenvalue weighted by atomic mass is 19.2. The number of para-hydroxylation sites is 1. The summed E-state index contributed by atoms with van der Waals surface area (Å²) in [6.07, 6.45) is 0.755. The van der Waals surface area contributed by atoms with Crippen LogP contribution in [-0.2, 0) is 20.9 Å². The second-order valence-electron chi connectivity index (χ2n) is 6.51. The molecule has 1 saturated heterocycles. The molecule has 0 N–H and O–H groups in total. The molecule has 148 valence electrons. The van der Waals surface area contributed by atoms with E-state index in [2.05, 4.69) is 0 Å². The third-order valence-electron chi connectivity index (χ3n) is 4.59. The van der Waals surface area contributed by atoms with Gasteiger partial charge in [-0.05, 0) is 24.6 Å². The number of benzene rings is 2. The number of carbonyl (C=O) groups excluding carboxylic acids is 2. The molecule has 1 unspecified atom stereocenters. The summed E-state index contributed by atoms with van der Waals surface area (Å²) in [6, 6.07) is 12.6. The maximum atomic E-state index is 13.9. The van der Waals surface area contributed by atoms with E-state index < -0.39 is 23.6 Å². The van der Waals surface area contributed by atoms with Crippen molar-refractivity contribution in [2.45, 2.75) is 31.8 Å². The van der Waals surface area contributed by atoms with Gasteiger partial charge in [-0.15, -0.1) is 0 Å². The zero-order chi connectivity index (χ0) is 19.9. The van der Waals surface area contributed by atoms with E-state index in [1.807, 2.05) is 18.2 Å². The Morgan fingerprint density at radius 2 is 1.86 bits per heavy atom. The van der Waals surface area contributed by atoms with Crippen molar-refractivity contribution in [3.63, 3.8) is 0 Å². The monoisotopic (exact) mass is 389 g/mol. The highest BCUT2D eigenvalue weighted by Gasteiger charge is 2.33. The molecule has 28 heavy (non-hydrogen) atoms. The predicted molar refractivity (Wildman–Crippen MR) is 97.4 cm³/mol. The van der Waals surface area contributed by atoms with E-state index >= 15 is 0 Å². The van der Waals surface area contributed by atoms with Crippen LogP contribution in [0, 0.1) is 11.6 Å². The van der Waals surface area contributed by atoms with Crippen molar-refractivity contribution in [3.8, 4) is 5.75 Å². The average molecular weight is 389 g/mol. The van der Waals surface area contributed by atoms with Crippen LogP contribution in [0.5, 0.6) is 5.75 Å². The smallest absolute Gasteiger partial charge is 0.307 e. The van der Waals surface area contributed by atoms with E-state index in [0.29, 0.717) is 12.2 Å². The maximum Gasteiger partial charge on any atom is 0.307 e. The Morgan fingerprint density at radius 3 is 2.64 bits per heavy atom. The van der Waals surface area contributed by atoms with Gasteiger partial charge in [-0.3, -0.25) is 9.59 Å². The van der Waals surface area contributed by atoms with Crippen molar-refractivity contribution in [1.29, 1.82) is 0 Å². The Bertz CT molecular complexity index is 828. The van der Waals surface area contributed by atoms with Crippen molar-refractivity contribution in [1.82, 2.24) is 4.90 Å².